The summed E-state index contributed by atoms with van der Waals surface area (Å²) in [6.45, 7) is 6.19. The zero-order chi connectivity index (χ0) is 18.7. The summed E-state index contributed by atoms with van der Waals surface area (Å²) in [4.78, 5) is 22.8. The molecule has 0 spiro atoms. The molecule has 0 saturated heterocycles. The van der Waals surface area contributed by atoms with Gasteiger partial charge in [-0.15, -0.1) is 11.6 Å². The van der Waals surface area contributed by atoms with E-state index in [1.54, 1.807) is 0 Å². The van der Waals surface area contributed by atoms with Gasteiger partial charge in [-0.2, -0.15) is 0 Å². The monoisotopic (exact) mass is 376 g/mol. The maximum absolute atomic E-state index is 11.5. The third-order valence-electron chi connectivity index (χ3n) is 8.07. The van der Waals surface area contributed by atoms with Crippen molar-refractivity contribution in [2.24, 2.45) is 28.6 Å². The summed E-state index contributed by atoms with van der Waals surface area (Å²) in [5, 5.41) is -0.149. The average Bonchev–Trinajstić information content (AvgIpc) is 2.86. The van der Waals surface area contributed by atoms with E-state index in [0.29, 0.717) is 17.8 Å². The van der Waals surface area contributed by atoms with Crippen molar-refractivity contribution in [2.75, 3.05) is 0 Å². The molecule has 0 aliphatic heterocycles. The van der Waals surface area contributed by atoms with Crippen molar-refractivity contribution < 1.29 is 14.3 Å². The Morgan fingerprint density at radius 1 is 1.31 bits per heavy atom. The number of rotatable bonds is 2. The smallest absolute Gasteiger partial charge is 0.302 e. The summed E-state index contributed by atoms with van der Waals surface area (Å²) in [5.41, 5.74) is 2.48. The van der Waals surface area contributed by atoms with Crippen LogP contribution in [0.1, 0.15) is 59.3 Å². The van der Waals surface area contributed by atoms with Crippen LogP contribution in [0.4, 0.5) is 0 Å². The van der Waals surface area contributed by atoms with Crippen LogP contribution in [0, 0.1) is 28.6 Å². The van der Waals surface area contributed by atoms with Gasteiger partial charge in [0, 0.05) is 18.9 Å². The number of fused-ring (bicyclic) bond motifs is 5. The van der Waals surface area contributed by atoms with Crippen LogP contribution < -0.4 is 0 Å². The Morgan fingerprint density at radius 3 is 2.77 bits per heavy atom. The third kappa shape index (κ3) is 2.53. The van der Waals surface area contributed by atoms with Gasteiger partial charge < -0.3 is 4.74 Å². The highest BCUT2D eigenvalue weighted by Crippen LogP contribution is 2.64. The van der Waals surface area contributed by atoms with Gasteiger partial charge in [-0.1, -0.05) is 31.6 Å². The van der Waals surface area contributed by atoms with Gasteiger partial charge in [-0.3, -0.25) is 9.59 Å². The van der Waals surface area contributed by atoms with Gasteiger partial charge in [0.05, 0.1) is 5.38 Å². The molecule has 3 nitrogen and oxygen atoms in total. The molecular formula is C22H29ClO3. The van der Waals surface area contributed by atoms with Crippen molar-refractivity contribution in [2.45, 2.75) is 70.8 Å². The first-order valence-corrected chi connectivity index (χ1v) is 10.4. The molecule has 4 heteroatoms. The van der Waals surface area contributed by atoms with Crippen LogP contribution in [0.25, 0.3) is 0 Å². The predicted octanol–water partition coefficient (Wildman–Crippen LogP) is 4.83. The van der Waals surface area contributed by atoms with Crippen molar-refractivity contribution in [3.05, 3.63) is 23.3 Å². The SMILES string of the molecule is CC(=O)O[C@H]1CC[C@@]2(C)C(=CC[C@@H]3[C@@H]2CC[C@]2(C)C(Cl)C(C=O)=C[C@@H]32)C1. The number of halogens is 1. The van der Waals surface area contributed by atoms with Crippen LogP contribution in [0.15, 0.2) is 23.3 Å². The second-order valence-electron chi connectivity index (χ2n) is 9.34. The molecule has 0 heterocycles. The Bertz CT molecular complexity index is 696. The second kappa shape index (κ2) is 6.22. The zero-order valence-corrected chi connectivity index (χ0v) is 16.7. The second-order valence-corrected chi connectivity index (χ2v) is 9.78. The Labute approximate surface area is 161 Å². The number of aldehydes is 1. The Hall–Kier alpha value is -1.09. The minimum absolute atomic E-state index is 0.00954. The van der Waals surface area contributed by atoms with E-state index in [1.165, 1.54) is 18.9 Å². The summed E-state index contributed by atoms with van der Waals surface area (Å²) >= 11 is 6.70. The lowest BCUT2D eigenvalue weighted by molar-refractivity contribution is -0.148. The van der Waals surface area contributed by atoms with Crippen LogP contribution in [0.3, 0.4) is 0 Å². The highest BCUT2D eigenvalue weighted by atomic mass is 35.5. The molecule has 2 saturated carbocycles. The molecule has 4 aliphatic rings. The van der Waals surface area contributed by atoms with Gasteiger partial charge >= 0.3 is 5.97 Å². The lowest BCUT2D eigenvalue weighted by atomic mass is 9.48. The van der Waals surface area contributed by atoms with Crippen LogP contribution in [-0.2, 0) is 14.3 Å². The highest BCUT2D eigenvalue weighted by molar-refractivity contribution is 6.25. The Kier molecular flexibility index (Phi) is 4.38. The first kappa shape index (κ1) is 18.3. The van der Waals surface area contributed by atoms with Gasteiger partial charge in [0.15, 0.2) is 0 Å². The molecule has 26 heavy (non-hydrogen) atoms. The molecule has 2 fully saturated rings. The normalized spacial score (nSPS) is 47.0. The molecule has 4 rings (SSSR count). The fourth-order valence-corrected chi connectivity index (χ4v) is 7.00. The molecule has 1 unspecified atom stereocenters. The van der Waals surface area contributed by atoms with Crippen LogP contribution in [0.2, 0.25) is 0 Å². The molecule has 7 atom stereocenters. The quantitative estimate of drug-likeness (QED) is 0.300. The van der Waals surface area contributed by atoms with E-state index in [2.05, 4.69) is 26.0 Å². The van der Waals surface area contributed by atoms with Gasteiger partial charge in [0.25, 0.3) is 0 Å². The molecule has 0 aromatic rings. The number of carbonyl (C=O) groups excluding carboxylic acids is 2. The maximum Gasteiger partial charge on any atom is 0.302 e. The fraction of sp³-hybridized carbons (Fsp3) is 0.727. The van der Waals surface area contributed by atoms with Crippen LogP contribution >= 0.6 is 11.6 Å². The first-order valence-electron chi connectivity index (χ1n) is 9.97. The summed E-state index contributed by atoms with van der Waals surface area (Å²) in [6.07, 6.45) is 11.8. The van der Waals surface area contributed by atoms with E-state index in [1.807, 2.05) is 0 Å². The molecule has 0 bridgehead atoms. The fourth-order valence-electron chi connectivity index (χ4n) is 6.63. The lowest BCUT2D eigenvalue weighted by Crippen LogP contribution is -2.51. The van der Waals surface area contributed by atoms with E-state index >= 15 is 0 Å². The number of hydrogen-bond donors (Lipinski definition) is 0. The predicted molar refractivity (Wildman–Crippen MR) is 102 cm³/mol. The number of alkyl halides is 1. The Morgan fingerprint density at radius 2 is 2.08 bits per heavy atom. The minimum atomic E-state index is -0.174. The van der Waals surface area contributed by atoms with Crippen molar-refractivity contribution in [1.82, 2.24) is 0 Å². The van der Waals surface area contributed by atoms with Crippen LogP contribution in [-0.4, -0.2) is 23.7 Å². The third-order valence-corrected chi connectivity index (χ3v) is 8.82. The van der Waals surface area contributed by atoms with Crippen LogP contribution in [0.5, 0.6) is 0 Å². The van der Waals surface area contributed by atoms with E-state index in [4.69, 9.17) is 16.3 Å². The van der Waals surface area contributed by atoms with Crippen molar-refractivity contribution in [3.63, 3.8) is 0 Å². The number of allylic oxidation sites excluding steroid dienone is 3. The molecule has 0 aromatic carbocycles. The number of ether oxygens (including phenoxy) is 1. The first-order chi connectivity index (χ1) is 12.3. The topological polar surface area (TPSA) is 43.4 Å². The van der Waals surface area contributed by atoms with E-state index in [9.17, 15) is 9.59 Å². The summed E-state index contributed by atoms with van der Waals surface area (Å²) in [6, 6.07) is 0. The maximum atomic E-state index is 11.5. The highest BCUT2D eigenvalue weighted by Gasteiger charge is 2.58. The number of carbonyl (C=O) groups is 2. The molecule has 0 amide bonds. The zero-order valence-electron chi connectivity index (χ0n) is 16.0. The summed E-state index contributed by atoms with van der Waals surface area (Å²) in [5.74, 6) is 1.41. The molecular weight excluding hydrogens is 348 g/mol. The molecule has 0 radical (unpaired) electrons. The van der Waals surface area contributed by atoms with E-state index in [-0.39, 0.29) is 28.3 Å². The standard InChI is InChI=1S/C22H29ClO3/c1-13(25)26-16-6-8-21(2)15(11-16)4-5-17-18(21)7-9-22(3)19(17)10-14(12-24)20(22)23/h4,10,12,16-20H,5-9,11H2,1-3H3/t16-,17+,18-,19-,20?,21-,22-/m0/s1. The number of hydrogen-bond acceptors (Lipinski definition) is 3. The van der Waals surface area contributed by atoms with Gasteiger partial charge in [-0.25, -0.2) is 0 Å². The number of esters is 1. The summed E-state index contributed by atoms with van der Waals surface area (Å²) < 4.78 is 5.50. The molecule has 0 aromatic heterocycles. The van der Waals surface area contributed by atoms with Gasteiger partial charge in [0.2, 0.25) is 0 Å². The molecule has 142 valence electrons. The lowest BCUT2D eigenvalue weighted by Gasteiger charge is -2.57. The molecule has 0 N–H and O–H groups in total. The van der Waals surface area contributed by atoms with Crippen molar-refractivity contribution in [1.29, 1.82) is 0 Å². The molecule has 4 aliphatic carbocycles. The van der Waals surface area contributed by atoms with E-state index in [0.717, 1.165) is 44.0 Å². The largest absolute Gasteiger partial charge is 0.462 e. The van der Waals surface area contributed by atoms with Gasteiger partial charge in [-0.05, 0) is 60.7 Å². The van der Waals surface area contributed by atoms with Crippen molar-refractivity contribution in [3.8, 4) is 0 Å². The van der Waals surface area contributed by atoms with E-state index < -0.39 is 0 Å². The Balaban J connectivity index is 1.63. The summed E-state index contributed by atoms with van der Waals surface area (Å²) in [7, 11) is 0. The van der Waals surface area contributed by atoms with Crippen molar-refractivity contribution >= 4 is 23.9 Å². The average molecular weight is 377 g/mol. The minimum Gasteiger partial charge on any atom is -0.462 e. The van der Waals surface area contributed by atoms with Gasteiger partial charge in [0.1, 0.15) is 12.4 Å².